The summed E-state index contributed by atoms with van der Waals surface area (Å²) in [6, 6.07) is 12.0. The van der Waals surface area contributed by atoms with Crippen molar-refractivity contribution in [2.75, 3.05) is 5.32 Å². The van der Waals surface area contributed by atoms with E-state index >= 15 is 0 Å². The lowest BCUT2D eigenvalue weighted by molar-refractivity contribution is 1.09. The molecule has 0 unspecified atom stereocenters. The number of H-pyrrole nitrogens is 1. The van der Waals surface area contributed by atoms with Gasteiger partial charge in [0.15, 0.2) is 5.82 Å². The van der Waals surface area contributed by atoms with Crippen LogP contribution in [0.15, 0.2) is 53.4 Å². The topological polar surface area (TPSA) is 66.5 Å². The predicted octanol–water partition coefficient (Wildman–Crippen LogP) is 3.24. The fraction of sp³-hybridized carbons (Fsp3) is 0.0714. The zero-order valence-electron chi connectivity index (χ0n) is 10.5. The SMILES string of the molecule is Brc1ccc(NCc2cccc(-c3ncn[nH]3)c2)nc1. The number of benzene rings is 1. The molecule has 0 bridgehead atoms. The van der Waals surface area contributed by atoms with Gasteiger partial charge in [0.25, 0.3) is 0 Å². The number of aromatic nitrogens is 4. The van der Waals surface area contributed by atoms with Gasteiger partial charge in [0.2, 0.25) is 0 Å². The van der Waals surface area contributed by atoms with Gasteiger partial charge in [-0.3, -0.25) is 5.10 Å². The van der Waals surface area contributed by atoms with Crippen molar-refractivity contribution in [2.45, 2.75) is 6.54 Å². The van der Waals surface area contributed by atoms with Gasteiger partial charge in [0.05, 0.1) is 0 Å². The number of halogens is 1. The van der Waals surface area contributed by atoms with Gasteiger partial charge in [-0.05, 0) is 39.7 Å². The van der Waals surface area contributed by atoms with Crippen molar-refractivity contribution in [1.29, 1.82) is 0 Å². The van der Waals surface area contributed by atoms with Gasteiger partial charge < -0.3 is 5.32 Å². The lowest BCUT2D eigenvalue weighted by Gasteiger charge is -2.06. The van der Waals surface area contributed by atoms with Crippen LogP contribution in [-0.4, -0.2) is 20.2 Å². The number of rotatable bonds is 4. The van der Waals surface area contributed by atoms with E-state index in [2.05, 4.69) is 53.5 Å². The summed E-state index contributed by atoms with van der Waals surface area (Å²) >= 11 is 3.37. The Morgan fingerprint density at radius 1 is 1.15 bits per heavy atom. The van der Waals surface area contributed by atoms with E-state index in [1.165, 1.54) is 6.33 Å². The number of hydrogen-bond acceptors (Lipinski definition) is 4. The first-order chi connectivity index (χ1) is 9.81. The number of anilines is 1. The molecule has 1 aromatic carbocycles. The second-order valence-corrected chi connectivity index (χ2v) is 5.17. The monoisotopic (exact) mass is 329 g/mol. The van der Waals surface area contributed by atoms with Crippen molar-refractivity contribution in [3.8, 4) is 11.4 Å². The summed E-state index contributed by atoms with van der Waals surface area (Å²) in [4.78, 5) is 8.43. The van der Waals surface area contributed by atoms with E-state index in [-0.39, 0.29) is 0 Å². The molecule has 0 amide bonds. The van der Waals surface area contributed by atoms with Crippen LogP contribution in [0.2, 0.25) is 0 Å². The number of hydrogen-bond donors (Lipinski definition) is 2. The van der Waals surface area contributed by atoms with Crippen LogP contribution in [-0.2, 0) is 6.54 Å². The Kier molecular flexibility index (Phi) is 3.73. The summed E-state index contributed by atoms with van der Waals surface area (Å²) in [6.45, 7) is 0.705. The van der Waals surface area contributed by atoms with Crippen molar-refractivity contribution < 1.29 is 0 Å². The predicted molar refractivity (Wildman–Crippen MR) is 81.1 cm³/mol. The molecular formula is C14H12BrN5. The minimum Gasteiger partial charge on any atom is -0.366 e. The van der Waals surface area contributed by atoms with Crippen LogP contribution in [0.25, 0.3) is 11.4 Å². The molecule has 0 aliphatic rings. The van der Waals surface area contributed by atoms with E-state index in [9.17, 15) is 0 Å². The molecule has 20 heavy (non-hydrogen) atoms. The fourth-order valence-corrected chi connectivity index (χ4v) is 2.08. The van der Waals surface area contributed by atoms with E-state index in [0.717, 1.165) is 27.2 Å². The number of pyridine rings is 1. The highest BCUT2D eigenvalue weighted by Gasteiger charge is 2.02. The Morgan fingerprint density at radius 2 is 2.10 bits per heavy atom. The van der Waals surface area contributed by atoms with E-state index in [1.807, 2.05) is 24.3 Å². The van der Waals surface area contributed by atoms with Crippen molar-refractivity contribution in [1.82, 2.24) is 20.2 Å². The molecule has 0 aliphatic carbocycles. The molecule has 0 atom stereocenters. The van der Waals surface area contributed by atoms with E-state index in [4.69, 9.17) is 0 Å². The highest BCUT2D eigenvalue weighted by Crippen LogP contribution is 2.16. The van der Waals surface area contributed by atoms with E-state index in [1.54, 1.807) is 6.20 Å². The van der Waals surface area contributed by atoms with Crippen molar-refractivity contribution in [3.05, 3.63) is 59.0 Å². The van der Waals surface area contributed by atoms with Crippen LogP contribution < -0.4 is 5.32 Å². The molecule has 0 spiro atoms. The second-order valence-electron chi connectivity index (χ2n) is 4.25. The molecular weight excluding hydrogens is 318 g/mol. The largest absolute Gasteiger partial charge is 0.366 e. The van der Waals surface area contributed by atoms with Crippen LogP contribution in [0.4, 0.5) is 5.82 Å². The average molecular weight is 330 g/mol. The lowest BCUT2D eigenvalue weighted by Crippen LogP contribution is -2.01. The molecule has 2 aromatic heterocycles. The van der Waals surface area contributed by atoms with Crippen LogP contribution in [0.5, 0.6) is 0 Å². The standard InChI is InChI=1S/C14H12BrN5/c15-12-4-5-13(17-8-12)16-7-10-2-1-3-11(6-10)14-18-9-19-20-14/h1-6,8-9H,7H2,(H,16,17)(H,18,19,20). The molecule has 0 saturated carbocycles. The molecule has 0 saturated heterocycles. The van der Waals surface area contributed by atoms with Gasteiger partial charge in [0, 0.05) is 22.8 Å². The van der Waals surface area contributed by atoms with Crippen LogP contribution in [0, 0.1) is 0 Å². The molecule has 0 aliphatic heterocycles. The molecule has 0 radical (unpaired) electrons. The zero-order valence-corrected chi connectivity index (χ0v) is 12.1. The third kappa shape index (κ3) is 3.03. The van der Waals surface area contributed by atoms with Gasteiger partial charge in [-0.2, -0.15) is 5.10 Å². The lowest BCUT2D eigenvalue weighted by atomic mass is 10.1. The summed E-state index contributed by atoms with van der Waals surface area (Å²) < 4.78 is 0.968. The smallest absolute Gasteiger partial charge is 0.155 e. The highest BCUT2D eigenvalue weighted by atomic mass is 79.9. The Morgan fingerprint density at radius 3 is 2.85 bits per heavy atom. The second kappa shape index (κ2) is 5.83. The molecule has 3 aromatic rings. The zero-order chi connectivity index (χ0) is 13.8. The summed E-state index contributed by atoms with van der Waals surface area (Å²) in [5, 5.41) is 10.0. The van der Waals surface area contributed by atoms with Gasteiger partial charge in [0.1, 0.15) is 12.1 Å². The molecule has 0 fully saturated rings. The summed E-state index contributed by atoms with van der Waals surface area (Å²) in [5.74, 6) is 1.62. The molecule has 2 heterocycles. The third-order valence-electron chi connectivity index (χ3n) is 2.82. The van der Waals surface area contributed by atoms with Crippen molar-refractivity contribution >= 4 is 21.7 Å². The Hall–Kier alpha value is -2.21. The maximum Gasteiger partial charge on any atom is 0.155 e. The number of nitrogens with one attached hydrogen (secondary N) is 2. The molecule has 2 N–H and O–H groups in total. The third-order valence-corrected chi connectivity index (χ3v) is 3.29. The summed E-state index contributed by atoms with van der Waals surface area (Å²) in [6.07, 6.45) is 3.28. The molecule has 5 nitrogen and oxygen atoms in total. The fourth-order valence-electron chi connectivity index (χ4n) is 1.85. The minimum atomic E-state index is 0.705. The summed E-state index contributed by atoms with van der Waals surface area (Å²) in [7, 11) is 0. The maximum absolute atomic E-state index is 4.28. The van der Waals surface area contributed by atoms with Gasteiger partial charge in [-0.1, -0.05) is 18.2 Å². The molecule has 3 rings (SSSR count). The first-order valence-corrected chi connectivity index (χ1v) is 6.91. The van der Waals surface area contributed by atoms with Crippen molar-refractivity contribution in [2.24, 2.45) is 0 Å². The van der Waals surface area contributed by atoms with Crippen molar-refractivity contribution in [3.63, 3.8) is 0 Å². The Balaban J connectivity index is 1.72. The summed E-state index contributed by atoms with van der Waals surface area (Å²) in [5.41, 5.74) is 2.18. The Bertz CT molecular complexity index is 679. The normalized spacial score (nSPS) is 10.4. The number of nitrogens with zero attached hydrogens (tertiary/aromatic N) is 3. The van der Waals surface area contributed by atoms with Gasteiger partial charge in [-0.25, -0.2) is 9.97 Å². The Labute approximate surface area is 124 Å². The number of aromatic amines is 1. The van der Waals surface area contributed by atoms with Crippen LogP contribution in [0.3, 0.4) is 0 Å². The van der Waals surface area contributed by atoms with Crippen LogP contribution >= 0.6 is 15.9 Å². The van der Waals surface area contributed by atoms with E-state index in [0.29, 0.717) is 6.54 Å². The first-order valence-electron chi connectivity index (χ1n) is 6.11. The molecule has 100 valence electrons. The first kappa shape index (κ1) is 12.8. The molecule has 6 heteroatoms. The maximum atomic E-state index is 4.28. The van der Waals surface area contributed by atoms with Gasteiger partial charge >= 0.3 is 0 Å². The highest BCUT2D eigenvalue weighted by molar-refractivity contribution is 9.10. The quantitative estimate of drug-likeness (QED) is 0.771. The van der Waals surface area contributed by atoms with Gasteiger partial charge in [-0.15, -0.1) is 0 Å². The van der Waals surface area contributed by atoms with E-state index < -0.39 is 0 Å². The average Bonchev–Trinajstić information content (AvgIpc) is 3.01. The van der Waals surface area contributed by atoms with Crippen LogP contribution in [0.1, 0.15) is 5.56 Å². The minimum absolute atomic E-state index is 0.705.